The Labute approximate surface area is 249 Å². The van der Waals surface area contributed by atoms with Crippen LogP contribution in [0.15, 0.2) is 48.7 Å². The van der Waals surface area contributed by atoms with Gasteiger partial charge >= 0.3 is 0 Å². The van der Waals surface area contributed by atoms with Gasteiger partial charge in [-0.15, -0.1) is 0 Å². The highest BCUT2D eigenvalue weighted by Gasteiger charge is 2.42. The van der Waals surface area contributed by atoms with Crippen LogP contribution in [0.3, 0.4) is 0 Å². The Balaban J connectivity index is 1.41. The van der Waals surface area contributed by atoms with E-state index in [4.69, 9.17) is 28.8 Å². The maximum atomic E-state index is 7.05. The highest BCUT2D eigenvalue weighted by Crippen LogP contribution is 2.46. The number of rotatable bonds is 5. The number of hydrogen-bond acceptors (Lipinski definition) is 3. The lowest BCUT2D eigenvalue weighted by Gasteiger charge is -2.37. The van der Waals surface area contributed by atoms with E-state index in [-0.39, 0.29) is 12.1 Å². The largest absolute Gasteiger partial charge is 0.370 e. The number of nitrogens with zero attached hydrogens (tertiary/aromatic N) is 4. The predicted molar refractivity (Wildman–Crippen MR) is 171 cm³/mol. The van der Waals surface area contributed by atoms with Gasteiger partial charge in [0.1, 0.15) is 0 Å². The first-order valence-corrected chi connectivity index (χ1v) is 15.8. The minimum absolute atomic E-state index is 0.0251. The van der Waals surface area contributed by atoms with Crippen molar-refractivity contribution in [1.29, 1.82) is 0 Å². The third kappa shape index (κ3) is 5.14. The molecule has 40 heavy (non-hydrogen) atoms. The first-order chi connectivity index (χ1) is 19.3. The maximum Gasteiger partial charge on any atom is 0.174 e. The van der Waals surface area contributed by atoms with Gasteiger partial charge in [-0.3, -0.25) is 4.98 Å². The molecule has 1 saturated carbocycles. The molecule has 3 aromatic rings. The molecule has 7 heteroatoms. The summed E-state index contributed by atoms with van der Waals surface area (Å²) in [7, 11) is 0. The number of halogens is 1. The van der Waals surface area contributed by atoms with Crippen LogP contribution in [0.2, 0.25) is 5.02 Å². The maximum absolute atomic E-state index is 7.05. The number of nitrogens with one attached hydrogen (secondary N) is 1. The fourth-order valence-corrected chi connectivity index (χ4v) is 8.35. The summed E-state index contributed by atoms with van der Waals surface area (Å²) in [6.07, 6.45) is 9.64. The number of thiocarbonyl (C=S) groups is 1. The van der Waals surface area contributed by atoms with Crippen molar-refractivity contribution in [1.82, 2.24) is 14.9 Å². The fourth-order valence-electron chi connectivity index (χ4n) is 7.71. The molecule has 0 radical (unpaired) electrons. The molecule has 3 aliphatic rings. The van der Waals surface area contributed by atoms with Gasteiger partial charge in [0, 0.05) is 42.4 Å². The van der Waals surface area contributed by atoms with Gasteiger partial charge in [-0.05, 0) is 99.1 Å². The molecule has 0 spiro atoms. The van der Waals surface area contributed by atoms with Gasteiger partial charge < -0.3 is 19.7 Å². The van der Waals surface area contributed by atoms with Crippen LogP contribution in [-0.4, -0.2) is 27.8 Å². The molecule has 2 saturated heterocycles. The zero-order valence-corrected chi connectivity index (χ0v) is 25.8. The minimum Gasteiger partial charge on any atom is -0.370 e. The number of anilines is 2. The molecular weight excluding hydrogens is 534 g/mol. The van der Waals surface area contributed by atoms with E-state index >= 15 is 0 Å². The van der Waals surface area contributed by atoms with Crippen molar-refractivity contribution in [3.8, 4) is 0 Å². The van der Waals surface area contributed by atoms with Crippen molar-refractivity contribution < 1.29 is 0 Å². The summed E-state index contributed by atoms with van der Waals surface area (Å²) in [6, 6.07) is 15.5. The van der Waals surface area contributed by atoms with E-state index in [2.05, 4.69) is 83.8 Å². The molecule has 5 nitrogen and oxygen atoms in total. The van der Waals surface area contributed by atoms with Crippen LogP contribution < -0.4 is 15.1 Å². The third-order valence-corrected chi connectivity index (χ3v) is 9.92. The Morgan fingerprint density at radius 2 is 1.73 bits per heavy atom. The predicted octanol–water partition coefficient (Wildman–Crippen LogP) is 8.32. The summed E-state index contributed by atoms with van der Waals surface area (Å²) in [5.41, 5.74) is 7.12. The Morgan fingerprint density at radius 3 is 2.40 bits per heavy atom. The van der Waals surface area contributed by atoms with Gasteiger partial charge in [-0.25, -0.2) is 0 Å². The normalized spacial score (nSPS) is 25.9. The SMILES string of the molecule is Cc1cc([C@@H]2[C@H](c3ccccn3)NC(=S)N2c2ccc(N3C[C@H](C)C[C@H](C)C3)c(Cl)c2)c(C)n1C1CCCCC1. The van der Waals surface area contributed by atoms with E-state index in [1.807, 2.05) is 12.3 Å². The third-order valence-electron chi connectivity index (χ3n) is 9.30. The number of hydrogen-bond donors (Lipinski definition) is 1. The van der Waals surface area contributed by atoms with Gasteiger partial charge in [-0.2, -0.15) is 0 Å². The molecule has 4 atom stereocenters. The van der Waals surface area contributed by atoms with E-state index in [0.717, 1.165) is 35.2 Å². The first kappa shape index (κ1) is 27.6. The summed E-state index contributed by atoms with van der Waals surface area (Å²) in [5.74, 6) is 1.33. The summed E-state index contributed by atoms with van der Waals surface area (Å²) in [5, 5.41) is 5.15. The van der Waals surface area contributed by atoms with Gasteiger partial charge in [-0.1, -0.05) is 50.8 Å². The molecule has 0 unspecified atom stereocenters. The highest BCUT2D eigenvalue weighted by atomic mass is 35.5. The van der Waals surface area contributed by atoms with E-state index in [1.165, 1.54) is 55.5 Å². The molecule has 6 rings (SSSR count). The number of benzene rings is 1. The van der Waals surface area contributed by atoms with E-state index in [1.54, 1.807) is 0 Å². The average Bonchev–Trinajstić information content (AvgIpc) is 3.43. The van der Waals surface area contributed by atoms with Crippen LogP contribution in [-0.2, 0) is 0 Å². The standard InChI is InChI=1S/C33H42ClN5S/c1-21-16-22(2)20-37(19-21)30-14-13-26(18-28(30)34)39-32(31(36-33(39)40)29-12-8-9-15-35-29)27-17-23(3)38(24(27)4)25-10-6-5-7-11-25/h8-9,12-15,17-18,21-22,25,31-32H,5-7,10-11,16,19-20H2,1-4H3,(H,36,40)/t21-,22+,31-,32+/m0/s1. The number of piperidine rings is 1. The van der Waals surface area contributed by atoms with Gasteiger partial charge in [0.25, 0.3) is 0 Å². The monoisotopic (exact) mass is 575 g/mol. The van der Waals surface area contributed by atoms with Crippen LogP contribution in [0.1, 0.15) is 93.1 Å². The fraction of sp³-hybridized carbons (Fsp3) is 0.515. The lowest BCUT2D eigenvalue weighted by atomic mass is 9.91. The molecule has 1 aliphatic carbocycles. The van der Waals surface area contributed by atoms with Crippen LogP contribution >= 0.6 is 23.8 Å². The van der Waals surface area contributed by atoms with E-state index < -0.39 is 0 Å². The molecule has 3 fully saturated rings. The second-order valence-electron chi connectivity index (χ2n) is 12.5. The second kappa shape index (κ2) is 11.4. The van der Waals surface area contributed by atoms with E-state index in [0.29, 0.717) is 23.0 Å². The smallest absolute Gasteiger partial charge is 0.174 e. The average molecular weight is 576 g/mol. The highest BCUT2D eigenvalue weighted by molar-refractivity contribution is 7.80. The van der Waals surface area contributed by atoms with Crippen molar-refractivity contribution in [2.75, 3.05) is 22.9 Å². The van der Waals surface area contributed by atoms with Crippen LogP contribution in [0.5, 0.6) is 0 Å². The number of aryl methyl sites for hydroxylation is 1. The molecule has 0 bridgehead atoms. The van der Waals surface area contributed by atoms with Crippen LogP contribution in [0.25, 0.3) is 0 Å². The summed E-state index contributed by atoms with van der Waals surface area (Å²) >= 11 is 13.1. The lowest BCUT2D eigenvalue weighted by Crippen LogP contribution is -2.38. The second-order valence-corrected chi connectivity index (χ2v) is 13.3. The summed E-state index contributed by atoms with van der Waals surface area (Å²) < 4.78 is 2.60. The lowest BCUT2D eigenvalue weighted by molar-refractivity contribution is 0.345. The quantitative estimate of drug-likeness (QED) is 0.309. The first-order valence-electron chi connectivity index (χ1n) is 15.0. The number of aromatic nitrogens is 2. The zero-order chi connectivity index (χ0) is 28.0. The van der Waals surface area contributed by atoms with Gasteiger partial charge in [0.2, 0.25) is 0 Å². The number of pyridine rings is 1. The Bertz CT molecular complexity index is 1350. The molecule has 2 aliphatic heterocycles. The molecule has 0 amide bonds. The zero-order valence-electron chi connectivity index (χ0n) is 24.2. The Hall–Kier alpha value is -2.57. The van der Waals surface area contributed by atoms with Crippen molar-refractivity contribution in [3.63, 3.8) is 0 Å². The molecule has 1 aromatic carbocycles. The molecule has 4 heterocycles. The van der Waals surface area contributed by atoms with Crippen molar-refractivity contribution in [2.45, 2.75) is 84.3 Å². The van der Waals surface area contributed by atoms with Crippen molar-refractivity contribution >= 4 is 40.3 Å². The van der Waals surface area contributed by atoms with Gasteiger partial charge in [0.15, 0.2) is 5.11 Å². The van der Waals surface area contributed by atoms with Crippen LogP contribution in [0.4, 0.5) is 11.4 Å². The van der Waals surface area contributed by atoms with Gasteiger partial charge in [0.05, 0.1) is 28.5 Å². The minimum atomic E-state index is -0.0590. The Morgan fingerprint density at radius 1 is 0.975 bits per heavy atom. The van der Waals surface area contributed by atoms with E-state index in [9.17, 15) is 0 Å². The molecule has 212 valence electrons. The topological polar surface area (TPSA) is 36.3 Å². The molecule has 2 aromatic heterocycles. The van der Waals surface area contributed by atoms with Crippen molar-refractivity contribution in [2.24, 2.45) is 11.8 Å². The summed E-state index contributed by atoms with van der Waals surface area (Å²) in [4.78, 5) is 9.50. The molecular formula is C33H42ClN5S. The Kier molecular flexibility index (Phi) is 7.84. The van der Waals surface area contributed by atoms with Crippen LogP contribution in [0, 0.1) is 25.7 Å². The molecule has 1 N–H and O–H groups in total. The van der Waals surface area contributed by atoms with Crippen molar-refractivity contribution in [3.05, 3.63) is 76.3 Å². The summed E-state index contributed by atoms with van der Waals surface area (Å²) in [6.45, 7) is 11.3.